The Hall–Kier alpha value is -6.48. The van der Waals surface area contributed by atoms with E-state index in [1.807, 2.05) is 11.3 Å². The molecule has 0 saturated carbocycles. The van der Waals surface area contributed by atoms with Crippen molar-refractivity contribution in [2.24, 2.45) is 0 Å². The number of fused-ring (bicyclic) bond motifs is 5. The van der Waals surface area contributed by atoms with E-state index in [4.69, 9.17) is 0 Å². The third-order valence-corrected chi connectivity index (χ3v) is 11.5. The van der Waals surface area contributed by atoms with Gasteiger partial charge in [-0.15, -0.1) is 11.3 Å². The second-order valence-electron chi connectivity index (χ2n) is 13.3. The molecule has 0 unspecified atom stereocenters. The van der Waals surface area contributed by atoms with Crippen LogP contribution in [0.4, 0.5) is 17.1 Å². The molecule has 244 valence electrons. The van der Waals surface area contributed by atoms with E-state index in [1.54, 1.807) is 0 Å². The number of hydrogen-bond acceptors (Lipinski definition) is 2. The first-order chi connectivity index (χ1) is 25.8. The zero-order valence-electron chi connectivity index (χ0n) is 28.4. The third kappa shape index (κ3) is 5.07. The van der Waals surface area contributed by atoms with Crippen molar-refractivity contribution in [3.8, 4) is 33.4 Å². The quantitative estimate of drug-likeness (QED) is 0.169. The van der Waals surface area contributed by atoms with E-state index >= 15 is 0 Å². The molecule has 1 aromatic heterocycles. The van der Waals surface area contributed by atoms with Crippen molar-refractivity contribution in [2.75, 3.05) is 4.90 Å². The predicted molar refractivity (Wildman–Crippen MR) is 225 cm³/mol. The van der Waals surface area contributed by atoms with Crippen molar-refractivity contribution >= 4 is 70.1 Å². The van der Waals surface area contributed by atoms with Crippen LogP contribution in [0.2, 0.25) is 0 Å². The topological polar surface area (TPSA) is 3.24 Å². The Morgan fingerprint density at radius 1 is 0.327 bits per heavy atom. The number of rotatable bonds is 6. The summed E-state index contributed by atoms with van der Waals surface area (Å²) >= 11 is 1.87. The largest absolute Gasteiger partial charge is 0.308 e. The molecule has 0 aliphatic heterocycles. The smallest absolute Gasteiger partial charge is 0.0640 e. The average Bonchev–Trinajstić information content (AvgIpc) is 3.61. The van der Waals surface area contributed by atoms with Crippen LogP contribution in [0, 0.1) is 0 Å². The summed E-state index contributed by atoms with van der Waals surface area (Å²) in [5.41, 5.74) is 10.8. The second kappa shape index (κ2) is 12.7. The summed E-state index contributed by atoms with van der Waals surface area (Å²) in [6.07, 6.45) is 0. The van der Waals surface area contributed by atoms with E-state index in [9.17, 15) is 0 Å². The minimum atomic E-state index is 1.11. The molecule has 0 spiro atoms. The summed E-state index contributed by atoms with van der Waals surface area (Å²) in [6.45, 7) is 0. The van der Waals surface area contributed by atoms with E-state index in [0.717, 1.165) is 11.4 Å². The van der Waals surface area contributed by atoms with Crippen LogP contribution in [0.5, 0.6) is 0 Å². The molecule has 9 aromatic carbocycles. The molecule has 10 rings (SSSR count). The lowest BCUT2D eigenvalue weighted by atomic mass is 9.89. The average molecular weight is 680 g/mol. The standard InChI is InChI=1S/C50H33NS/c1-2-16-37(17-3-1)49-40-20-7-5-15-35(40)30-33-41(49)36-28-31-38(32-29-36)51(47-26-13-24-45-44-22-9-11-27-48(44)52-50(45)47)46-25-10-8-21-43(46)42-23-12-18-34-14-4-6-19-39(34)42/h1-33H. The molecule has 0 bridgehead atoms. The zero-order chi connectivity index (χ0) is 34.4. The minimum absolute atomic E-state index is 1.11. The lowest BCUT2D eigenvalue weighted by Crippen LogP contribution is -2.11. The Morgan fingerprint density at radius 2 is 0.923 bits per heavy atom. The van der Waals surface area contributed by atoms with E-state index in [1.165, 1.54) is 80.8 Å². The molecule has 0 aliphatic carbocycles. The van der Waals surface area contributed by atoms with Gasteiger partial charge in [-0.05, 0) is 79.7 Å². The maximum atomic E-state index is 2.47. The number of anilines is 3. The summed E-state index contributed by atoms with van der Waals surface area (Å²) in [5, 5.41) is 7.57. The molecule has 52 heavy (non-hydrogen) atoms. The van der Waals surface area contributed by atoms with Crippen LogP contribution in [0.25, 0.3) is 75.1 Å². The monoisotopic (exact) mass is 679 g/mol. The minimum Gasteiger partial charge on any atom is -0.308 e. The number of benzene rings is 9. The van der Waals surface area contributed by atoms with Gasteiger partial charge in [-0.25, -0.2) is 0 Å². The fourth-order valence-corrected chi connectivity index (χ4v) is 9.10. The first-order valence-corrected chi connectivity index (χ1v) is 18.6. The van der Waals surface area contributed by atoms with Crippen LogP contribution < -0.4 is 4.90 Å². The normalized spacial score (nSPS) is 11.5. The number of nitrogens with zero attached hydrogens (tertiary/aromatic N) is 1. The number of para-hydroxylation sites is 1. The van der Waals surface area contributed by atoms with Crippen molar-refractivity contribution in [3.63, 3.8) is 0 Å². The van der Waals surface area contributed by atoms with Gasteiger partial charge in [0.2, 0.25) is 0 Å². The lowest BCUT2D eigenvalue weighted by molar-refractivity contribution is 1.30. The lowest BCUT2D eigenvalue weighted by Gasteiger charge is -2.29. The molecule has 0 aliphatic rings. The SMILES string of the molecule is c1ccc(-c2c(-c3ccc(N(c4ccccc4-c4cccc5ccccc45)c4cccc5c4sc4ccccc45)cc3)ccc3ccccc23)cc1. The molecule has 0 atom stereocenters. The van der Waals surface area contributed by atoms with Gasteiger partial charge in [0.25, 0.3) is 0 Å². The highest BCUT2D eigenvalue weighted by atomic mass is 32.1. The Labute approximate surface area is 307 Å². The van der Waals surface area contributed by atoms with Gasteiger partial charge in [-0.3, -0.25) is 0 Å². The van der Waals surface area contributed by atoms with E-state index in [0.29, 0.717) is 0 Å². The van der Waals surface area contributed by atoms with Gasteiger partial charge in [0.1, 0.15) is 0 Å². The van der Waals surface area contributed by atoms with Gasteiger partial charge in [0.05, 0.1) is 16.1 Å². The van der Waals surface area contributed by atoms with Gasteiger partial charge in [0.15, 0.2) is 0 Å². The fourth-order valence-electron chi connectivity index (χ4n) is 7.89. The van der Waals surface area contributed by atoms with Crippen molar-refractivity contribution in [2.45, 2.75) is 0 Å². The summed E-state index contributed by atoms with van der Waals surface area (Å²) in [6, 6.07) is 72.9. The zero-order valence-corrected chi connectivity index (χ0v) is 29.2. The van der Waals surface area contributed by atoms with Crippen molar-refractivity contribution in [1.29, 1.82) is 0 Å². The Balaban J connectivity index is 1.20. The molecular formula is C50H33NS. The Bertz CT molecular complexity index is 2900. The molecular weight excluding hydrogens is 647 g/mol. The second-order valence-corrected chi connectivity index (χ2v) is 14.3. The molecule has 0 fully saturated rings. The van der Waals surface area contributed by atoms with Crippen molar-refractivity contribution in [3.05, 3.63) is 200 Å². The molecule has 10 aromatic rings. The molecule has 0 saturated heterocycles. The molecule has 1 heterocycles. The summed E-state index contributed by atoms with van der Waals surface area (Å²) in [7, 11) is 0. The molecule has 0 N–H and O–H groups in total. The van der Waals surface area contributed by atoms with Crippen LogP contribution in [0.3, 0.4) is 0 Å². The van der Waals surface area contributed by atoms with Crippen LogP contribution >= 0.6 is 11.3 Å². The highest BCUT2D eigenvalue weighted by Gasteiger charge is 2.22. The number of hydrogen-bond donors (Lipinski definition) is 0. The molecule has 0 radical (unpaired) electrons. The number of thiophene rings is 1. The Morgan fingerprint density at radius 3 is 1.77 bits per heavy atom. The van der Waals surface area contributed by atoms with Gasteiger partial charge < -0.3 is 4.90 Å². The first-order valence-electron chi connectivity index (χ1n) is 17.8. The molecule has 2 heteroatoms. The van der Waals surface area contributed by atoms with Crippen molar-refractivity contribution in [1.82, 2.24) is 0 Å². The molecule has 0 amide bonds. The fraction of sp³-hybridized carbons (Fsp3) is 0. The van der Waals surface area contributed by atoms with Gasteiger partial charge >= 0.3 is 0 Å². The predicted octanol–water partition coefficient (Wildman–Crippen LogP) is 14.8. The maximum Gasteiger partial charge on any atom is 0.0640 e. The maximum absolute atomic E-state index is 2.47. The van der Waals surface area contributed by atoms with Gasteiger partial charge in [-0.1, -0.05) is 170 Å². The van der Waals surface area contributed by atoms with E-state index in [2.05, 4.69) is 205 Å². The highest BCUT2D eigenvalue weighted by molar-refractivity contribution is 7.26. The van der Waals surface area contributed by atoms with E-state index in [-0.39, 0.29) is 0 Å². The van der Waals surface area contributed by atoms with E-state index < -0.39 is 0 Å². The first kappa shape index (κ1) is 30.4. The van der Waals surface area contributed by atoms with Crippen LogP contribution in [0.15, 0.2) is 200 Å². The van der Waals surface area contributed by atoms with Crippen LogP contribution in [-0.2, 0) is 0 Å². The highest BCUT2D eigenvalue weighted by Crippen LogP contribution is 2.48. The summed E-state index contributed by atoms with van der Waals surface area (Å²) in [5.74, 6) is 0. The van der Waals surface area contributed by atoms with Gasteiger partial charge in [-0.2, -0.15) is 0 Å². The Kier molecular flexibility index (Phi) is 7.41. The summed E-state index contributed by atoms with van der Waals surface area (Å²) < 4.78 is 2.58. The molecule has 1 nitrogen and oxygen atoms in total. The van der Waals surface area contributed by atoms with Crippen molar-refractivity contribution < 1.29 is 0 Å². The van der Waals surface area contributed by atoms with Crippen LogP contribution in [0.1, 0.15) is 0 Å². The van der Waals surface area contributed by atoms with Gasteiger partial charge in [0, 0.05) is 26.7 Å². The summed E-state index contributed by atoms with van der Waals surface area (Å²) in [4.78, 5) is 2.47. The van der Waals surface area contributed by atoms with Crippen LogP contribution in [-0.4, -0.2) is 0 Å². The third-order valence-electron chi connectivity index (χ3n) is 10.3.